The van der Waals surface area contributed by atoms with Crippen molar-refractivity contribution in [1.82, 2.24) is 4.90 Å². The van der Waals surface area contributed by atoms with Gasteiger partial charge in [0, 0.05) is 24.7 Å². The summed E-state index contributed by atoms with van der Waals surface area (Å²) in [6.45, 7) is 6.20. The molecule has 0 radical (unpaired) electrons. The van der Waals surface area contributed by atoms with Gasteiger partial charge in [-0.05, 0) is 31.4 Å². The summed E-state index contributed by atoms with van der Waals surface area (Å²) in [6.07, 6.45) is 1.39. The van der Waals surface area contributed by atoms with Crippen molar-refractivity contribution in [2.45, 2.75) is 44.5 Å². The second-order valence-corrected chi connectivity index (χ2v) is 5.69. The lowest BCUT2D eigenvalue weighted by Crippen LogP contribution is -2.54. The van der Waals surface area contributed by atoms with Crippen molar-refractivity contribution in [2.24, 2.45) is 5.73 Å². The Morgan fingerprint density at radius 3 is 2.83 bits per heavy atom. The SMILES string of the molecule is CC1CN(C2Cc3ccccc3C2N)C(C)CO1. The van der Waals surface area contributed by atoms with Crippen LogP contribution < -0.4 is 5.73 Å². The van der Waals surface area contributed by atoms with Crippen LogP contribution in [0.5, 0.6) is 0 Å². The van der Waals surface area contributed by atoms with Crippen molar-refractivity contribution >= 4 is 0 Å². The molecular weight excluding hydrogens is 224 g/mol. The number of rotatable bonds is 1. The summed E-state index contributed by atoms with van der Waals surface area (Å²) in [6, 6.07) is 9.63. The molecule has 0 amide bonds. The molecule has 0 saturated carbocycles. The van der Waals surface area contributed by atoms with Gasteiger partial charge in [0.1, 0.15) is 0 Å². The number of morpholine rings is 1. The molecule has 0 bridgehead atoms. The Labute approximate surface area is 109 Å². The van der Waals surface area contributed by atoms with Crippen molar-refractivity contribution in [3.8, 4) is 0 Å². The fraction of sp³-hybridized carbons (Fsp3) is 0.600. The minimum absolute atomic E-state index is 0.147. The lowest BCUT2D eigenvalue weighted by atomic mass is 10.0. The molecule has 1 saturated heterocycles. The molecule has 4 atom stereocenters. The first-order valence-electron chi connectivity index (χ1n) is 6.87. The van der Waals surface area contributed by atoms with Crippen LogP contribution in [0, 0.1) is 0 Å². The highest BCUT2D eigenvalue weighted by Crippen LogP contribution is 2.34. The number of benzene rings is 1. The molecule has 18 heavy (non-hydrogen) atoms. The zero-order chi connectivity index (χ0) is 12.7. The van der Waals surface area contributed by atoms with Gasteiger partial charge in [-0.2, -0.15) is 0 Å². The molecule has 1 aliphatic carbocycles. The average molecular weight is 246 g/mol. The third-order valence-electron chi connectivity index (χ3n) is 4.34. The molecule has 1 aromatic rings. The van der Waals surface area contributed by atoms with Gasteiger partial charge in [0.05, 0.1) is 12.7 Å². The highest BCUT2D eigenvalue weighted by atomic mass is 16.5. The Kier molecular flexibility index (Phi) is 3.14. The lowest BCUT2D eigenvalue weighted by molar-refractivity contribution is -0.0679. The molecule has 98 valence electrons. The van der Waals surface area contributed by atoms with Crippen LogP contribution in [0.4, 0.5) is 0 Å². The summed E-state index contributed by atoms with van der Waals surface area (Å²) in [5, 5.41) is 0. The average Bonchev–Trinajstić information content (AvgIpc) is 2.71. The Balaban J connectivity index is 1.83. The van der Waals surface area contributed by atoms with Crippen LogP contribution in [-0.2, 0) is 11.2 Å². The molecule has 2 N–H and O–H groups in total. The maximum atomic E-state index is 6.45. The summed E-state index contributed by atoms with van der Waals surface area (Å²) < 4.78 is 5.71. The van der Waals surface area contributed by atoms with Crippen LogP contribution in [0.15, 0.2) is 24.3 Å². The predicted molar refractivity (Wildman–Crippen MR) is 72.4 cm³/mol. The van der Waals surface area contributed by atoms with E-state index in [1.54, 1.807) is 0 Å². The summed E-state index contributed by atoms with van der Waals surface area (Å²) in [7, 11) is 0. The Morgan fingerprint density at radius 2 is 2.06 bits per heavy atom. The minimum atomic E-state index is 0.147. The molecule has 3 rings (SSSR count). The van der Waals surface area contributed by atoms with E-state index in [2.05, 4.69) is 43.0 Å². The van der Waals surface area contributed by atoms with E-state index in [1.165, 1.54) is 11.1 Å². The van der Waals surface area contributed by atoms with E-state index in [-0.39, 0.29) is 6.04 Å². The predicted octanol–water partition coefficient (Wildman–Crippen LogP) is 1.72. The Morgan fingerprint density at radius 1 is 1.28 bits per heavy atom. The molecule has 0 spiro atoms. The van der Waals surface area contributed by atoms with Crippen LogP contribution in [-0.4, -0.2) is 36.2 Å². The van der Waals surface area contributed by atoms with Crippen molar-refractivity contribution < 1.29 is 4.74 Å². The first kappa shape index (κ1) is 12.2. The quantitative estimate of drug-likeness (QED) is 0.820. The van der Waals surface area contributed by atoms with E-state index in [4.69, 9.17) is 10.5 Å². The van der Waals surface area contributed by atoms with E-state index in [1.807, 2.05) is 0 Å². The molecule has 4 unspecified atom stereocenters. The standard InChI is InChI=1S/C15H22N2O/c1-10-9-18-11(2)8-17(10)14-7-12-5-3-4-6-13(12)15(14)16/h3-6,10-11,14-15H,7-9,16H2,1-2H3. The summed E-state index contributed by atoms with van der Waals surface area (Å²) in [5.41, 5.74) is 9.19. The summed E-state index contributed by atoms with van der Waals surface area (Å²) in [4.78, 5) is 2.54. The molecule has 3 heteroatoms. The van der Waals surface area contributed by atoms with E-state index in [0.717, 1.165) is 19.6 Å². The fourth-order valence-corrected chi connectivity index (χ4v) is 3.32. The monoisotopic (exact) mass is 246 g/mol. The van der Waals surface area contributed by atoms with Gasteiger partial charge in [-0.25, -0.2) is 0 Å². The van der Waals surface area contributed by atoms with Gasteiger partial charge >= 0.3 is 0 Å². The highest BCUT2D eigenvalue weighted by Gasteiger charge is 2.38. The molecule has 1 heterocycles. The van der Waals surface area contributed by atoms with Gasteiger partial charge in [-0.1, -0.05) is 24.3 Å². The number of fused-ring (bicyclic) bond motifs is 1. The lowest BCUT2D eigenvalue weighted by Gasteiger charge is -2.42. The van der Waals surface area contributed by atoms with Gasteiger partial charge in [-0.3, -0.25) is 4.90 Å². The van der Waals surface area contributed by atoms with Crippen LogP contribution in [0.1, 0.15) is 31.0 Å². The third kappa shape index (κ3) is 1.96. The van der Waals surface area contributed by atoms with Crippen LogP contribution in [0.3, 0.4) is 0 Å². The maximum absolute atomic E-state index is 6.45. The number of hydrogen-bond acceptors (Lipinski definition) is 3. The zero-order valence-corrected chi connectivity index (χ0v) is 11.2. The molecule has 0 aromatic heterocycles. The van der Waals surface area contributed by atoms with Gasteiger partial charge in [0.15, 0.2) is 0 Å². The zero-order valence-electron chi connectivity index (χ0n) is 11.2. The molecule has 1 aliphatic heterocycles. The van der Waals surface area contributed by atoms with Gasteiger partial charge in [0.2, 0.25) is 0 Å². The molecule has 3 nitrogen and oxygen atoms in total. The third-order valence-corrected chi connectivity index (χ3v) is 4.34. The molecule has 2 aliphatic rings. The van der Waals surface area contributed by atoms with Gasteiger partial charge < -0.3 is 10.5 Å². The molecule has 1 fully saturated rings. The Hall–Kier alpha value is -0.900. The molecule has 1 aromatic carbocycles. The normalized spacial score (nSPS) is 36.6. The topological polar surface area (TPSA) is 38.5 Å². The molecular formula is C15H22N2O. The second kappa shape index (κ2) is 4.65. The van der Waals surface area contributed by atoms with E-state index < -0.39 is 0 Å². The smallest absolute Gasteiger partial charge is 0.0674 e. The minimum Gasteiger partial charge on any atom is -0.376 e. The van der Waals surface area contributed by atoms with Crippen molar-refractivity contribution in [3.63, 3.8) is 0 Å². The van der Waals surface area contributed by atoms with E-state index in [9.17, 15) is 0 Å². The summed E-state index contributed by atoms with van der Waals surface area (Å²) >= 11 is 0. The van der Waals surface area contributed by atoms with Crippen molar-refractivity contribution in [3.05, 3.63) is 35.4 Å². The van der Waals surface area contributed by atoms with E-state index in [0.29, 0.717) is 18.2 Å². The first-order chi connectivity index (χ1) is 8.66. The second-order valence-electron chi connectivity index (χ2n) is 5.69. The fourth-order valence-electron chi connectivity index (χ4n) is 3.32. The highest BCUT2D eigenvalue weighted by molar-refractivity contribution is 5.37. The Bertz CT molecular complexity index is 434. The van der Waals surface area contributed by atoms with Crippen LogP contribution in [0.25, 0.3) is 0 Å². The number of hydrogen-bond donors (Lipinski definition) is 1. The van der Waals surface area contributed by atoms with Gasteiger partial charge in [-0.15, -0.1) is 0 Å². The largest absolute Gasteiger partial charge is 0.376 e. The number of nitrogens with two attached hydrogens (primary N) is 1. The van der Waals surface area contributed by atoms with Crippen LogP contribution in [0.2, 0.25) is 0 Å². The van der Waals surface area contributed by atoms with Crippen molar-refractivity contribution in [1.29, 1.82) is 0 Å². The van der Waals surface area contributed by atoms with Crippen LogP contribution >= 0.6 is 0 Å². The first-order valence-corrected chi connectivity index (χ1v) is 6.87. The maximum Gasteiger partial charge on any atom is 0.0674 e. The van der Waals surface area contributed by atoms with Crippen molar-refractivity contribution in [2.75, 3.05) is 13.2 Å². The van der Waals surface area contributed by atoms with Gasteiger partial charge in [0.25, 0.3) is 0 Å². The number of nitrogens with zero attached hydrogens (tertiary/aromatic N) is 1. The van der Waals surface area contributed by atoms with E-state index >= 15 is 0 Å². The summed E-state index contributed by atoms with van der Waals surface area (Å²) in [5.74, 6) is 0. The number of ether oxygens (including phenoxy) is 1.